The normalized spacial score (nSPS) is 16.6. The molecule has 0 radical (unpaired) electrons. The number of anilines is 1. The van der Waals surface area contributed by atoms with Crippen LogP contribution in [-0.2, 0) is 16.0 Å². The van der Waals surface area contributed by atoms with Gasteiger partial charge in [-0.05, 0) is 42.7 Å². The SMILES string of the molecule is COc1cccc(CC(=O)N(CC2CCCO2)c2nc3ccccc3s2)c1. The molecule has 4 rings (SSSR count). The van der Waals surface area contributed by atoms with E-state index in [4.69, 9.17) is 14.5 Å². The molecule has 6 heteroatoms. The van der Waals surface area contributed by atoms with Crippen molar-refractivity contribution in [3.63, 3.8) is 0 Å². The minimum Gasteiger partial charge on any atom is -0.497 e. The quantitative estimate of drug-likeness (QED) is 0.645. The van der Waals surface area contributed by atoms with E-state index in [-0.39, 0.29) is 12.0 Å². The number of fused-ring (bicyclic) bond motifs is 1. The molecule has 0 saturated carbocycles. The second-order valence-electron chi connectivity index (χ2n) is 6.63. The summed E-state index contributed by atoms with van der Waals surface area (Å²) in [6.45, 7) is 1.31. The molecule has 1 aromatic heterocycles. The number of rotatable bonds is 6. The van der Waals surface area contributed by atoms with Crippen LogP contribution in [0.2, 0.25) is 0 Å². The number of carbonyl (C=O) groups is 1. The maximum absolute atomic E-state index is 13.2. The van der Waals surface area contributed by atoms with E-state index in [0.29, 0.717) is 13.0 Å². The topological polar surface area (TPSA) is 51.7 Å². The highest BCUT2D eigenvalue weighted by Gasteiger charge is 2.26. The van der Waals surface area contributed by atoms with E-state index in [9.17, 15) is 4.79 Å². The van der Waals surface area contributed by atoms with E-state index in [0.717, 1.165) is 46.1 Å². The first-order valence-electron chi connectivity index (χ1n) is 9.13. The molecule has 0 N–H and O–H groups in total. The summed E-state index contributed by atoms with van der Waals surface area (Å²) in [6.07, 6.45) is 2.40. The van der Waals surface area contributed by atoms with Gasteiger partial charge in [0, 0.05) is 6.61 Å². The summed E-state index contributed by atoms with van der Waals surface area (Å²) in [6, 6.07) is 15.6. The Morgan fingerprint density at radius 1 is 1.30 bits per heavy atom. The summed E-state index contributed by atoms with van der Waals surface area (Å²) in [4.78, 5) is 19.7. The average Bonchev–Trinajstić information content (AvgIpc) is 3.35. The van der Waals surface area contributed by atoms with E-state index in [2.05, 4.69) is 0 Å². The number of ether oxygens (including phenoxy) is 2. The number of methoxy groups -OCH3 is 1. The largest absolute Gasteiger partial charge is 0.497 e. The van der Waals surface area contributed by atoms with Crippen molar-refractivity contribution in [1.29, 1.82) is 0 Å². The second-order valence-corrected chi connectivity index (χ2v) is 7.64. The van der Waals surface area contributed by atoms with Gasteiger partial charge in [-0.1, -0.05) is 35.6 Å². The van der Waals surface area contributed by atoms with Crippen molar-refractivity contribution in [3.8, 4) is 5.75 Å². The number of benzene rings is 2. The Kier molecular flexibility index (Phi) is 5.36. The van der Waals surface area contributed by atoms with Gasteiger partial charge in [-0.15, -0.1) is 0 Å². The Morgan fingerprint density at radius 2 is 2.19 bits per heavy atom. The maximum atomic E-state index is 13.2. The van der Waals surface area contributed by atoms with Crippen molar-refractivity contribution in [2.75, 3.05) is 25.2 Å². The molecule has 2 heterocycles. The highest BCUT2D eigenvalue weighted by Crippen LogP contribution is 2.30. The third-order valence-electron chi connectivity index (χ3n) is 4.71. The predicted octanol–water partition coefficient (Wildman–Crippen LogP) is 4.06. The van der Waals surface area contributed by atoms with Gasteiger partial charge in [0.15, 0.2) is 5.13 Å². The lowest BCUT2D eigenvalue weighted by Gasteiger charge is -2.23. The lowest BCUT2D eigenvalue weighted by atomic mass is 10.1. The molecule has 1 aliphatic rings. The summed E-state index contributed by atoms with van der Waals surface area (Å²) in [5.41, 5.74) is 1.85. The van der Waals surface area contributed by atoms with Crippen molar-refractivity contribution in [3.05, 3.63) is 54.1 Å². The van der Waals surface area contributed by atoms with Crippen molar-refractivity contribution < 1.29 is 14.3 Å². The molecule has 2 aromatic carbocycles. The van der Waals surface area contributed by atoms with Crippen LogP contribution < -0.4 is 9.64 Å². The number of hydrogen-bond acceptors (Lipinski definition) is 5. The molecule has 140 valence electrons. The molecule has 1 atom stereocenters. The molecule has 1 unspecified atom stereocenters. The van der Waals surface area contributed by atoms with Crippen LogP contribution in [0, 0.1) is 0 Å². The number of nitrogens with zero attached hydrogens (tertiary/aromatic N) is 2. The molecule has 5 nitrogen and oxygen atoms in total. The van der Waals surface area contributed by atoms with Crippen LogP contribution in [0.15, 0.2) is 48.5 Å². The molecule has 1 fully saturated rings. The highest BCUT2D eigenvalue weighted by atomic mass is 32.1. The van der Waals surface area contributed by atoms with Crippen LogP contribution in [0.5, 0.6) is 5.75 Å². The van der Waals surface area contributed by atoms with Crippen LogP contribution in [0.3, 0.4) is 0 Å². The van der Waals surface area contributed by atoms with E-state index < -0.39 is 0 Å². The zero-order chi connectivity index (χ0) is 18.6. The molecule has 3 aromatic rings. The predicted molar refractivity (Wildman–Crippen MR) is 108 cm³/mol. The van der Waals surface area contributed by atoms with Crippen LogP contribution in [0.1, 0.15) is 18.4 Å². The Morgan fingerprint density at radius 3 is 2.96 bits per heavy atom. The Bertz CT molecular complexity index is 901. The molecular weight excluding hydrogens is 360 g/mol. The summed E-state index contributed by atoms with van der Waals surface area (Å²) in [7, 11) is 1.63. The first-order valence-corrected chi connectivity index (χ1v) is 9.95. The van der Waals surface area contributed by atoms with Crippen molar-refractivity contribution >= 4 is 32.6 Å². The van der Waals surface area contributed by atoms with Gasteiger partial charge >= 0.3 is 0 Å². The zero-order valence-electron chi connectivity index (χ0n) is 15.3. The Labute approximate surface area is 162 Å². The molecular formula is C21H22N2O3S. The van der Waals surface area contributed by atoms with E-state index in [1.54, 1.807) is 23.3 Å². The highest BCUT2D eigenvalue weighted by molar-refractivity contribution is 7.22. The molecule has 0 spiro atoms. The summed E-state index contributed by atoms with van der Waals surface area (Å²) in [5.74, 6) is 0.781. The van der Waals surface area contributed by atoms with Gasteiger partial charge in [-0.3, -0.25) is 9.69 Å². The van der Waals surface area contributed by atoms with Gasteiger partial charge < -0.3 is 9.47 Å². The Hall–Kier alpha value is -2.44. The fourth-order valence-electron chi connectivity index (χ4n) is 3.31. The number of carbonyl (C=O) groups excluding carboxylic acids is 1. The van der Waals surface area contributed by atoms with Crippen LogP contribution in [0.25, 0.3) is 10.2 Å². The van der Waals surface area contributed by atoms with E-state index in [1.807, 2.05) is 48.5 Å². The summed E-state index contributed by atoms with van der Waals surface area (Å²) >= 11 is 1.55. The third kappa shape index (κ3) is 4.12. The molecule has 1 amide bonds. The van der Waals surface area contributed by atoms with Gasteiger partial charge in [0.05, 0.1) is 36.4 Å². The fourth-order valence-corrected chi connectivity index (χ4v) is 4.30. The molecule has 1 saturated heterocycles. The van der Waals surface area contributed by atoms with Gasteiger partial charge in [-0.25, -0.2) is 4.98 Å². The number of amides is 1. The van der Waals surface area contributed by atoms with Gasteiger partial charge in [-0.2, -0.15) is 0 Å². The lowest BCUT2D eigenvalue weighted by Crippen LogP contribution is -2.38. The minimum absolute atomic E-state index is 0.0257. The molecule has 0 aliphatic carbocycles. The first-order chi connectivity index (χ1) is 13.2. The number of para-hydroxylation sites is 1. The lowest BCUT2D eigenvalue weighted by molar-refractivity contribution is -0.118. The fraction of sp³-hybridized carbons (Fsp3) is 0.333. The monoisotopic (exact) mass is 382 g/mol. The zero-order valence-corrected chi connectivity index (χ0v) is 16.1. The van der Waals surface area contributed by atoms with Crippen LogP contribution >= 0.6 is 11.3 Å². The first kappa shape index (κ1) is 17.9. The van der Waals surface area contributed by atoms with Crippen molar-refractivity contribution in [1.82, 2.24) is 4.98 Å². The smallest absolute Gasteiger partial charge is 0.233 e. The summed E-state index contributed by atoms with van der Waals surface area (Å²) < 4.78 is 12.1. The second kappa shape index (κ2) is 8.06. The molecule has 27 heavy (non-hydrogen) atoms. The van der Waals surface area contributed by atoms with Crippen molar-refractivity contribution in [2.45, 2.75) is 25.4 Å². The standard InChI is InChI=1S/C21H22N2O3S/c1-25-16-7-4-6-15(12-16)13-20(24)23(14-17-8-5-11-26-17)21-22-18-9-2-3-10-19(18)27-21/h2-4,6-7,9-10,12,17H,5,8,11,13-14H2,1H3. The van der Waals surface area contributed by atoms with Crippen molar-refractivity contribution in [2.24, 2.45) is 0 Å². The molecule has 0 bridgehead atoms. The number of aromatic nitrogens is 1. The van der Waals surface area contributed by atoms with Gasteiger partial charge in [0.2, 0.25) is 5.91 Å². The number of hydrogen-bond donors (Lipinski definition) is 0. The van der Waals surface area contributed by atoms with Crippen LogP contribution in [0.4, 0.5) is 5.13 Å². The minimum atomic E-state index is 0.0257. The maximum Gasteiger partial charge on any atom is 0.233 e. The van der Waals surface area contributed by atoms with Gasteiger partial charge in [0.1, 0.15) is 5.75 Å². The van der Waals surface area contributed by atoms with Crippen LogP contribution in [-0.4, -0.2) is 37.3 Å². The molecule has 1 aliphatic heterocycles. The van der Waals surface area contributed by atoms with E-state index in [1.165, 1.54) is 0 Å². The number of thiazole rings is 1. The summed E-state index contributed by atoms with van der Waals surface area (Å²) in [5, 5.41) is 0.736. The Balaban J connectivity index is 1.60. The average molecular weight is 382 g/mol. The third-order valence-corrected chi connectivity index (χ3v) is 5.77. The van der Waals surface area contributed by atoms with E-state index >= 15 is 0 Å². The van der Waals surface area contributed by atoms with Gasteiger partial charge in [0.25, 0.3) is 0 Å².